The van der Waals surface area contributed by atoms with Gasteiger partial charge in [0, 0.05) is 25.2 Å². The number of ether oxygens (including phenoxy) is 1. The Morgan fingerprint density at radius 3 is 1.81 bits per heavy atom. The first kappa shape index (κ1) is 16.2. The fraction of sp³-hybridized carbons (Fsp3) is 0.333. The summed E-state index contributed by atoms with van der Waals surface area (Å²) in [4.78, 5) is 17.3. The number of hydrogen-bond donors (Lipinski definition) is 0. The van der Waals surface area contributed by atoms with Gasteiger partial charge in [0.1, 0.15) is 33.9 Å². The van der Waals surface area contributed by atoms with Gasteiger partial charge in [-0.3, -0.25) is 0 Å². The Morgan fingerprint density at radius 1 is 0.810 bits per heavy atom. The van der Waals surface area contributed by atoms with Crippen LogP contribution in [0.1, 0.15) is 0 Å². The standard InChI is InChI=1S/C8H10ClN3O.C4H2Cl2N2/c9-7-5-8(11-6-10-7)12-1-3-13-4-2-12;5-3-1-4(6)8-2-7-3/h5-6H,1-4H2;1-2H. The summed E-state index contributed by atoms with van der Waals surface area (Å²) in [6.45, 7) is 3.24. The fourth-order valence-electron chi connectivity index (χ4n) is 1.60. The largest absolute Gasteiger partial charge is 0.378 e. The number of halogens is 3. The molecule has 0 aromatic carbocycles. The van der Waals surface area contributed by atoms with Crippen LogP contribution in [0.2, 0.25) is 15.5 Å². The highest BCUT2D eigenvalue weighted by molar-refractivity contribution is 6.33. The third-order valence-corrected chi connectivity index (χ3v) is 3.17. The van der Waals surface area contributed by atoms with Crippen LogP contribution in [0.4, 0.5) is 5.82 Å². The van der Waals surface area contributed by atoms with Crippen molar-refractivity contribution in [1.82, 2.24) is 19.9 Å². The van der Waals surface area contributed by atoms with Crippen molar-refractivity contribution in [3.63, 3.8) is 0 Å². The summed E-state index contributed by atoms with van der Waals surface area (Å²) in [6.07, 6.45) is 2.79. The average molecular weight is 349 g/mol. The Kier molecular flexibility index (Phi) is 6.38. The first-order valence-corrected chi connectivity index (χ1v) is 7.22. The molecule has 0 saturated carbocycles. The van der Waals surface area contributed by atoms with Crippen molar-refractivity contribution in [2.45, 2.75) is 0 Å². The molecule has 2 aromatic rings. The predicted octanol–water partition coefficient (Wildman–Crippen LogP) is 2.75. The van der Waals surface area contributed by atoms with Crippen molar-refractivity contribution < 1.29 is 4.74 Å². The molecule has 0 atom stereocenters. The molecule has 1 fully saturated rings. The van der Waals surface area contributed by atoms with E-state index in [1.165, 1.54) is 18.7 Å². The molecule has 112 valence electrons. The maximum atomic E-state index is 5.76. The van der Waals surface area contributed by atoms with E-state index in [0.29, 0.717) is 15.5 Å². The normalized spacial score (nSPS) is 14.3. The van der Waals surface area contributed by atoms with Gasteiger partial charge < -0.3 is 9.64 Å². The van der Waals surface area contributed by atoms with Crippen molar-refractivity contribution in [3.05, 3.63) is 40.2 Å². The Balaban J connectivity index is 0.000000173. The van der Waals surface area contributed by atoms with Crippen LogP contribution >= 0.6 is 34.8 Å². The summed E-state index contributed by atoms with van der Waals surface area (Å²) in [5.74, 6) is 0.878. The Bertz CT molecular complexity index is 563. The summed E-state index contributed by atoms with van der Waals surface area (Å²) in [5, 5.41) is 1.21. The highest BCUT2D eigenvalue weighted by Gasteiger charge is 2.12. The van der Waals surface area contributed by atoms with E-state index < -0.39 is 0 Å². The summed E-state index contributed by atoms with van der Waals surface area (Å²) >= 11 is 16.6. The van der Waals surface area contributed by atoms with Crippen LogP contribution in [0, 0.1) is 0 Å². The lowest BCUT2D eigenvalue weighted by Crippen LogP contribution is -2.36. The van der Waals surface area contributed by atoms with Crippen molar-refractivity contribution in [1.29, 1.82) is 0 Å². The Labute approximate surface area is 137 Å². The second-order valence-corrected chi connectivity index (χ2v) is 5.12. The van der Waals surface area contributed by atoms with Crippen molar-refractivity contribution >= 4 is 40.6 Å². The second-order valence-electron chi connectivity index (χ2n) is 3.96. The number of nitrogens with zero attached hydrogens (tertiary/aromatic N) is 5. The van der Waals surface area contributed by atoms with Crippen molar-refractivity contribution in [2.24, 2.45) is 0 Å². The summed E-state index contributed by atoms with van der Waals surface area (Å²) in [5.41, 5.74) is 0. The molecule has 1 saturated heterocycles. The van der Waals surface area contributed by atoms with Gasteiger partial charge in [0.2, 0.25) is 0 Å². The van der Waals surface area contributed by atoms with Crippen LogP contribution in [0.15, 0.2) is 24.8 Å². The molecule has 3 heterocycles. The lowest BCUT2D eigenvalue weighted by Gasteiger charge is -2.27. The molecule has 0 radical (unpaired) electrons. The van der Waals surface area contributed by atoms with Gasteiger partial charge in [0.05, 0.1) is 13.2 Å². The SMILES string of the molecule is Clc1cc(Cl)ncn1.Clc1cc(N2CCOCC2)ncn1. The minimum Gasteiger partial charge on any atom is -0.378 e. The first-order chi connectivity index (χ1) is 10.1. The van der Waals surface area contributed by atoms with E-state index in [4.69, 9.17) is 39.5 Å². The molecule has 0 bridgehead atoms. The van der Waals surface area contributed by atoms with Crippen LogP contribution < -0.4 is 4.90 Å². The molecule has 6 nitrogen and oxygen atoms in total. The Morgan fingerprint density at radius 2 is 1.33 bits per heavy atom. The van der Waals surface area contributed by atoms with Gasteiger partial charge in [-0.2, -0.15) is 0 Å². The van der Waals surface area contributed by atoms with E-state index in [-0.39, 0.29) is 0 Å². The van der Waals surface area contributed by atoms with E-state index in [9.17, 15) is 0 Å². The van der Waals surface area contributed by atoms with Gasteiger partial charge in [-0.1, -0.05) is 34.8 Å². The summed E-state index contributed by atoms with van der Waals surface area (Å²) in [6, 6.07) is 3.25. The quantitative estimate of drug-likeness (QED) is 0.738. The van der Waals surface area contributed by atoms with Gasteiger partial charge in [-0.05, 0) is 0 Å². The van der Waals surface area contributed by atoms with E-state index in [0.717, 1.165) is 32.1 Å². The maximum absolute atomic E-state index is 5.76. The minimum atomic E-state index is 0.366. The monoisotopic (exact) mass is 347 g/mol. The minimum absolute atomic E-state index is 0.366. The summed E-state index contributed by atoms with van der Waals surface area (Å²) in [7, 11) is 0. The topological polar surface area (TPSA) is 64.0 Å². The third kappa shape index (κ3) is 5.59. The molecular formula is C12H12Cl3N5O. The maximum Gasteiger partial charge on any atom is 0.134 e. The molecule has 3 rings (SSSR count). The lowest BCUT2D eigenvalue weighted by atomic mass is 10.4. The first-order valence-electron chi connectivity index (χ1n) is 6.08. The van der Waals surface area contributed by atoms with Gasteiger partial charge in [-0.15, -0.1) is 0 Å². The van der Waals surface area contributed by atoms with Crippen LogP contribution in [0.5, 0.6) is 0 Å². The molecule has 0 unspecified atom stereocenters. The van der Waals surface area contributed by atoms with Gasteiger partial charge in [0.25, 0.3) is 0 Å². The highest BCUT2D eigenvalue weighted by atomic mass is 35.5. The number of anilines is 1. The van der Waals surface area contributed by atoms with E-state index in [1.807, 2.05) is 0 Å². The number of hydrogen-bond acceptors (Lipinski definition) is 6. The van der Waals surface area contributed by atoms with Gasteiger partial charge in [0.15, 0.2) is 0 Å². The molecule has 2 aromatic heterocycles. The number of rotatable bonds is 1. The van der Waals surface area contributed by atoms with Crippen molar-refractivity contribution in [3.8, 4) is 0 Å². The van der Waals surface area contributed by atoms with Crippen LogP contribution in [0.3, 0.4) is 0 Å². The molecule has 0 spiro atoms. The lowest BCUT2D eigenvalue weighted by molar-refractivity contribution is 0.122. The van der Waals surface area contributed by atoms with E-state index >= 15 is 0 Å². The summed E-state index contributed by atoms with van der Waals surface area (Å²) < 4.78 is 5.23. The van der Waals surface area contributed by atoms with E-state index in [2.05, 4.69) is 24.8 Å². The molecule has 1 aliphatic heterocycles. The molecule has 9 heteroatoms. The van der Waals surface area contributed by atoms with Crippen molar-refractivity contribution in [2.75, 3.05) is 31.2 Å². The fourth-order valence-corrected chi connectivity index (χ4v) is 2.09. The zero-order valence-electron chi connectivity index (χ0n) is 10.9. The molecular weight excluding hydrogens is 337 g/mol. The molecule has 0 N–H and O–H groups in total. The number of morpholine rings is 1. The van der Waals surface area contributed by atoms with Crippen LogP contribution in [0.25, 0.3) is 0 Å². The molecule has 0 amide bonds. The zero-order valence-corrected chi connectivity index (χ0v) is 13.2. The molecule has 21 heavy (non-hydrogen) atoms. The molecule has 0 aliphatic carbocycles. The van der Waals surface area contributed by atoms with Gasteiger partial charge in [-0.25, -0.2) is 19.9 Å². The van der Waals surface area contributed by atoms with E-state index in [1.54, 1.807) is 6.07 Å². The zero-order chi connectivity index (χ0) is 15.1. The third-order valence-electron chi connectivity index (χ3n) is 2.55. The highest BCUT2D eigenvalue weighted by Crippen LogP contribution is 2.14. The van der Waals surface area contributed by atoms with Gasteiger partial charge >= 0.3 is 0 Å². The Hall–Kier alpha value is -1.21. The number of aromatic nitrogens is 4. The molecule has 1 aliphatic rings. The van der Waals surface area contributed by atoms with Crippen LogP contribution in [-0.4, -0.2) is 46.2 Å². The second kappa shape index (κ2) is 8.29. The average Bonchev–Trinajstić information content (AvgIpc) is 2.49. The van der Waals surface area contributed by atoms with Crippen LogP contribution in [-0.2, 0) is 4.74 Å². The smallest absolute Gasteiger partial charge is 0.134 e. The predicted molar refractivity (Wildman–Crippen MR) is 82.1 cm³/mol.